The van der Waals surface area contributed by atoms with E-state index in [0.717, 1.165) is 17.6 Å². The summed E-state index contributed by atoms with van der Waals surface area (Å²) in [7, 11) is 0. The normalized spacial score (nSPS) is 12.4. The van der Waals surface area contributed by atoms with E-state index < -0.39 is 0 Å². The van der Waals surface area contributed by atoms with Crippen molar-refractivity contribution in [2.24, 2.45) is 0 Å². The molecule has 0 atom stereocenters. The minimum absolute atomic E-state index is 0.116. The van der Waals surface area contributed by atoms with Gasteiger partial charge in [0.05, 0.1) is 33.1 Å². The van der Waals surface area contributed by atoms with E-state index >= 15 is 0 Å². The Morgan fingerprint density at radius 3 is 1.18 bits per heavy atom. The second-order valence-electron chi connectivity index (χ2n) is 33.0. The van der Waals surface area contributed by atoms with Gasteiger partial charge >= 0.3 is 0 Å². The molecular formula is C99H97N3O. The molecule has 514 valence electrons. The molecule has 18 rings (SSSR count). The predicted molar refractivity (Wildman–Crippen MR) is 444 cm³/mol. The molecule has 0 amide bonds. The smallest absolute Gasteiger partial charge is 0.135 e. The molecule has 13 aromatic carbocycles. The Balaban J connectivity index is 0.000000110. The van der Waals surface area contributed by atoms with E-state index in [-0.39, 0.29) is 27.1 Å². The zero-order chi connectivity index (χ0) is 72.2. The van der Waals surface area contributed by atoms with Crippen molar-refractivity contribution in [2.45, 2.75) is 137 Å². The summed E-state index contributed by atoms with van der Waals surface area (Å²) >= 11 is 0. The minimum atomic E-state index is 0.116. The van der Waals surface area contributed by atoms with Gasteiger partial charge in [-0.25, -0.2) is 0 Å². The fourth-order valence-electron chi connectivity index (χ4n) is 14.9. The van der Waals surface area contributed by atoms with Crippen LogP contribution in [-0.2, 0) is 33.5 Å². The molecule has 0 radical (unpaired) electrons. The number of fused-ring (bicyclic) bond motifs is 15. The minimum Gasteiger partial charge on any atom is -0.456 e. The van der Waals surface area contributed by atoms with Gasteiger partial charge in [0.1, 0.15) is 11.2 Å². The van der Waals surface area contributed by atoms with Gasteiger partial charge < -0.3 is 18.1 Å². The lowest BCUT2D eigenvalue weighted by Crippen LogP contribution is -2.11. The molecule has 0 spiro atoms. The second-order valence-corrected chi connectivity index (χ2v) is 33.0. The van der Waals surface area contributed by atoms with Crippen molar-refractivity contribution in [1.29, 1.82) is 0 Å². The molecule has 0 bridgehead atoms. The van der Waals surface area contributed by atoms with Gasteiger partial charge in [-0.05, 0) is 181 Å². The van der Waals surface area contributed by atoms with Crippen LogP contribution < -0.4 is 0 Å². The first-order valence-corrected chi connectivity index (χ1v) is 36.7. The third-order valence-corrected chi connectivity index (χ3v) is 20.5. The number of para-hydroxylation sites is 7. The van der Waals surface area contributed by atoms with Crippen LogP contribution in [0.25, 0.3) is 116 Å². The molecular weight excluding hydrogens is 1250 g/mol. The van der Waals surface area contributed by atoms with E-state index in [0.29, 0.717) is 0 Å². The van der Waals surface area contributed by atoms with Crippen LogP contribution in [0.5, 0.6) is 0 Å². The lowest BCUT2D eigenvalue weighted by Gasteiger charge is -2.20. The average molecular weight is 1340 g/mol. The molecule has 4 heteroatoms. The molecule has 4 nitrogen and oxygen atoms in total. The highest BCUT2D eigenvalue weighted by atomic mass is 16.3. The molecule has 0 unspecified atom stereocenters. The quantitative estimate of drug-likeness (QED) is 0.173. The van der Waals surface area contributed by atoms with Crippen molar-refractivity contribution in [3.05, 3.63) is 342 Å². The molecule has 0 saturated carbocycles. The van der Waals surface area contributed by atoms with E-state index in [1.54, 1.807) is 0 Å². The van der Waals surface area contributed by atoms with Crippen LogP contribution in [0.15, 0.2) is 308 Å². The summed E-state index contributed by atoms with van der Waals surface area (Å²) in [6.07, 6.45) is 1.09. The van der Waals surface area contributed by atoms with Gasteiger partial charge in [-0.2, -0.15) is 0 Å². The molecule has 4 heterocycles. The number of hydrogen-bond donors (Lipinski definition) is 0. The van der Waals surface area contributed by atoms with Gasteiger partial charge in [0.15, 0.2) is 0 Å². The highest BCUT2D eigenvalue weighted by Crippen LogP contribution is 2.43. The number of furan rings is 1. The molecule has 0 fully saturated rings. The highest BCUT2D eigenvalue weighted by molar-refractivity contribution is 6.13. The first-order valence-electron chi connectivity index (χ1n) is 36.7. The van der Waals surface area contributed by atoms with Crippen LogP contribution >= 0.6 is 0 Å². The van der Waals surface area contributed by atoms with Gasteiger partial charge in [-0.15, -0.1) is 0 Å². The molecule has 1 aliphatic carbocycles. The maximum Gasteiger partial charge on any atom is 0.135 e. The summed E-state index contributed by atoms with van der Waals surface area (Å²) in [5, 5.41) is 10.4. The van der Waals surface area contributed by atoms with Crippen molar-refractivity contribution in [3.63, 3.8) is 0 Å². The Labute approximate surface area is 609 Å². The van der Waals surface area contributed by atoms with Crippen LogP contribution in [0, 0.1) is 0 Å². The topological polar surface area (TPSA) is 27.9 Å². The summed E-state index contributed by atoms with van der Waals surface area (Å²) in [5.74, 6) is 0. The van der Waals surface area contributed by atoms with Crippen molar-refractivity contribution in [2.75, 3.05) is 0 Å². The highest BCUT2D eigenvalue weighted by Gasteiger charge is 2.25. The summed E-state index contributed by atoms with van der Waals surface area (Å²) in [4.78, 5) is 0. The van der Waals surface area contributed by atoms with Crippen molar-refractivity contribution >= 4 is 87.4 Å². The monoisotopic (exact) mass is 1340 g/mol. The van der Waals surface area contributed by atoms with Gasteiger partial charge in [0.2, 0.25) is 0 Å². The number of benzene rings is 13. The fourth-order valence-corrected chi connectivity index (χ4v) is 14.9. The van der Waals surface area contributed by atoms with Crippen LogP contribution in [0.2, 0.25) is 0 Å². The molecule has 4 aromatic heterocycles. The maximum absolute atomic E-state index is 5.82. The van der Waals surface area contributed by atoms with Gasteiger partial charge in [0.25, 0.3) is 0 Å². The average Bonchev–Trinajstić information content (AvgIpc) is 1.59. The Morgan fingerprint density at radius 2 is 0.612 bits per heavy atom. The number of hydrogen-bond acceptors (Lipinski definition) is 1. The predicted octanol–water partition coefficient (Wildman–Crippen LogP) is 27.7. The molecule has 0 saturated heterocycles. The summed E-state index contributed by atoms with van der Waals surface area (Å²) in [6.45, 7) is 34.0. The Morgan fingerprint density at radius 1 is 0.233 bits per heavy atom. The first kappa shape index (κ1) is 69.2. The standard InChI is InChI=1S/3C22H21N.C17H18.C16H16O/c1-22(2,3)18-13-9-15-20-21(18)17-12-7-8-14-19(17)23(20)16-10-5-4-6-11-16;1-22(2,3)16-13-14-21-19(15-16)18-11-7-8-12-20(18)23(21)17-9-5-4-6-10-17;1-22(2,3)16-13-14-19-18-11-7-8-12-20(18)23(21(19)15-16)17-9-5-4-6-10-17;1-17(2,3)14-8-9-16-13(11-14)10-12-6-4-5-7-15(12)16;1-16(2,3)11-8-9-15-13(10-11)12-6-4-5-7-14(12)17-15/h3*4-15H,1-3H3;4-9,11H,10H2,1-3H3;4-10H,1-3H3. The van der Waals surface area contributed by atoms with Crippen LogP contribution in [0.3, 0.4) is 0 Å². The second kappa shape index (κ2) is 27.4. The Kier molecular flexibility index (Phi) is 18.4. The first-order chi connectivity index (χ1) is 49.3. The number of aromatic nitrogens is 3. The molecule has 1 aliphatic rings. The molecule has 0 N–H and O–H groups in total. The van der Waals surface area contributed by atoms with Gasteiger partial charge in [-0.3, -0.25) is 0 Å². The lowest BCUT2D eigenvalue weighted by molar-refractivity contribution is 0.589. The van der Waals surface area contributed by atoms with E-state index in [1.807, 2.05) is 12.1 Å². The molecule has 17 aromatic rings. The summed E-state index contributed by atoms with van der Waals surface area (Å²) < 4.78 is 12.9. The van der Waals surface area contributed by atoms with Gasteiger partial charge in [0, 0.05) is 60.2 Å². The van der Waals surface area contributed by atoms with Crippen molar-refractivity contribution < 1.29 is 4.42 Å². The SMILES string of the molecule is CC(C)(C)c1ccc2c(c1)Cc1ccccc1-2.CC(C)(C)c1ccc2c(c1)c1ccccc1n2-c1ccccc1.CC(C)(C)c1ccc2c3ccccc3n(-c3ccccc3)c2c1.CC(C)(C)c1ccc2oc3ccccc3c2c1.CC(C)(C)c1cccc2c1c1ccccc1n2-c1ccccc1. The van der Waals surface area contributed by atoms with Crippen LogP contribution in [-0.4, -0.2) is 13.7 Å². The van der Waals surface area contributed by atoms with Crippen LogP contribution in [0.1, 0.15) is 143 Å². The lowest BCUT2D eigenvalue weighted by atomic mass is 9.84. The third kappa shape index (κ3) is 13.9. The summed E-state index contributed by atoms with van der Waals surface area (Å²) in [5.41, 5.74) is 26.8. The fraction of sp³-hybridized carbons (Fsp3) is 0.212. The van der Waals surface area contributed by atoms with E-state index in [9.17, 15) is 0 Å². The van der Waals surface area contributed by atoms with Crippen LogP contribution in [0.4, 0.5) is 0 Å². The van der Waals surface area contributed by atoms with Crippen molar-refractivity contribution in [3.8, 4) is 28.2 Å². The largest absolute Gasteiger partial charge is 0.456 e. The molecule has 103 heavy (non-hydrogen) atoms. The Bertz CT molecular complexity index is 5850. The maximum atomic E-state index is 5.82. The van der Waals surface area contributed by atoms with E-state index in [2.05, 4.69) is 409 Å². The van der Waals surface area contributed by atoms with E-state index in [4.69, 9.17) is 4.42 Å². The number of rotatable bonds is 3. The third-order valence-electron chi connectivity index (χ3n) is 20.5. The zero-order valence-corrected chi connectivity index (χ0v) is 62.8. The zero-order valence-electron chi connectivity index (χ0n) is 62.8. The summed E-state index contributed by atoms with van der Waals surface area (Å²) in [6, 6.07) is 109. The molecule has 0 aliphatic heterocycles. The van der Waals surface area contributed by atoms with Crippen molar-refractivity contribution in [1.82, 2.24) is 13.7 Å². The Hall–Kier alpha value is -10.9. The van der Waals surface area contributed by atoms with Gasteiger partial charge in [-0.1, -0.05) is 310 Å². The van der Waals surface area contributed by atoms with E-state index in [1.165, 1.54) is 143 Å². The number of nitrogens with zero attached hydrogens (tertiary/aromatic N) is 3.